The molecule has 1 fully saturated rings. The van der Waals surface area contributed by atoms with Gasteiger partial charge in [-0.05, 0) is 25.0 Å². The normalized spacial score (nSPS) is 19.0. The molecule has 126 valence electrons. The molecule has 0 aromatic carbocycles. The van der Waals surface area contributed by atoms with E-state index < -0.39 is 23.1 Å². The third kappa shape index (κ3) is 4.37. The summed E-state index contributed by atoms with van der Waals surface area (Å²) in [6.07, 6.45) is -2.55. The van der Waals surface area contributed by atoms with Crippen LogP contribution in [0.1, 0.15) is 35.3 Å². The molecule has 1 amide bonds. The van der Waals surface area contributed by atoms with E-state index >= 15 is 0 Å². The number of pyridine rings is 1. The summed E-state index contributed by atoms with van der Waals surface area (Å²) in [6, 6.07) is 1.75. The van der Waals surface area contributed by atoms with Crippen molar-refractivity contribution in [1.29, 1.82) is 0 Å². The van der Waals surface area contributed by atoms with Gasteiger partial charge >= 0.3 is 12.1 Å². The highest BCUT2D eigenvalue weighted by atomic mass is 32.2. The third-order valence-corrected chi connectivity index (χ3v) is 4.56. The van der Waals surface area contributed by atoms with Gasteiger partial charge < -0.3 is 10.1 Å². The van der Waals surface area contributed by atoms with E-state index in [1.807, 2.05) is 0 Å². The number of halogens is 3. The number of nitrogens with one attached hydrogen (secondary N) is 1. The van der Waals surface area contributed by atoms with Gasteiger partial charge in [-0.2, -0.15) is 13.2 Å². The quantitative estimate of drug-likeness (QED) is 0.851. The van der Waals surface area contributed by atoms with E-state index in [2.05, 4.69) is 15.0 Å². The topological polar surface area (TPSA) is 68.3 Å². The fourth-order valence-electron chi connectivity index (χ4n) is 2.11. The van der Waals surface area contributed by atoms with Crippen LogP contribution in [-0.4, -0.2) is 35.8 Å². The van der Waals surface area contributed by atoms with Crippen LogP contribution in [0.4, 0.5) is 13.2 Å². The number of thioether (sulfide) groups is 1. The highest BCUT2D eigenvalue weighted by Gasteiger charge is 2.34. The molecule has 23 heavy (non-hydrogen) atoms. The predicted octanol–water partition coefficient (Wildman–Crippen LogP) is 2.65. The molecule has 0 unspecified atom stereocenters. The first kappa shape index (κ1) is 17.6. The maximum absolute atomic E-state index is 12.8. The Hall–Kier alpha value is -1.77. The molecule has 2 heterocycles. The summed E-state index contributed by atoms with van der Waals surface area (Å²) < 4.78 is 43.1. The Balaban J connectivity index is 2.36. The molecule has 9 heteroatoms. The van der Waals surface area contributed by atoms with Crippen LogP contribution in [0.2, 0.25) is 0 Å². The van der Waals surface area contributed by atoms with Crippen molar-refractivity contribution in [1.82, 2.24) is 10.3 Å². The lowest BCUT2D eigenvalue weighted by atomic mass is 10.2. The number of hydrogen-bond acceptors (Lipinski definition) is 5. The number of alkyl halides is 3. The SMILES string of the molecule is COC(=O)c1ccc(C(F)(F)F)nc1S[C@H]1CCCCNC1=O. The van der Waals surface area contributed by atoms with Crippen LogP contribution in [0.3, 0.4) is 0 Å². The zero-order valence-electron chi connectivity index (χ0n) is 12.3. The molecule has 1 aliphatic heterocycles. The number of carbonyl (C=O) groups is 2. The maximum Gasteiger partial charge on any atom is 0.433 e. The smallest absolute Gasteiger partial charge is 0.433 e. The molecule has 5 nitrogen and oxygen atoms in total. The minimum atomic E-state index is -4.63. The van der Waals surface area contributed by atoms with Crippen molar-refractivity contribution in [3.05, 3.63) is 23.4 Å². The van der Waals surface area contributed by atoms with Gasteiger partial charge in [-0.15, -0.1) is 0 Å². The van der Waals surface area contributed by atoms with Crippen molar-refractivity contribution >= 4 is 23.6 Å². The zero-order valence-corrected chi connectivity index (χ0v) is 13.1. The molecular weight excluding hydrogens is 333 g/mol. The van der Waals surface area contributed by atoms with Crippen LogP contribution < -0.4 is 5.32 Å². The average Bonchev–Trinajstić information content (AvgIpc) is 2.70. The van der Waals surface area contributed by atoms with Gasteiger partial charge in [-0.25, -0.2) is 9.78 Å². The molecule has 1 N–H and O–H groups in total. The number of rotatable bonds is 3. The molecule has 0 saturated carbocycles. The number of esters is 1. The van der Waals surface area contributed by atoms with Crippen molar-refractivity contribution in [2.45, 2.75) is 35.7 Å². The Bertz CT molecular complexity index is 607. The number of amides is 1. The molecule has 1 saturated heterocycles. The molecule has 1 aromatic heterocycles. The summed E-state index contributed by atoms with van der Waals surface area (Å²) in [7, 11) is 1.13. The van der Waals surface area contributed by atoms with E-state index in [1.54, 1.807) is 0 Å². The van der Waals surface area contributed by atoms with Crippen molar-refractivity contribution in [2.75, 3.05) is 13.7 Å². The summed E-state index contributed by atoms with van der Waals surface area (Å²) in [5.74, 6) is -1.05. The number of carbonyl (C=O) groups excluding carboxylic acids is 2. The van der Waals surface area contributed by atoms with E-state index in [0.29, 0.717) is 13.0 Å². The summed E-state index contributed by atoms with van der Waals surface area (Å²) in [5, 5.41) is 1.97. The molecular formula is C14H15F3N2O3S. The Kier molecular flexibility index (Phi) is 5.51. The van der Waals surface area contributed by atoms with Gasteiger partial charge in [0, 0.05) is 6.54 Å². The summed E-state index contributed by atoms with van der Waals surface area (Å²) in [5.41, 5.74) is -1.19. The number of hydrogen-bond donors (Lipinski definition) is 1. The number of ether oxygens (including phenoxy) is 1. The first-order valence-electron chi connectivity index (χ1n) is 6.94. The van der Waals surface area contributed by atoms with Crippen LogP contribution >= 0.6 is 11.8 Å². The lowest BCUT2D eigenvalue weighted by Gasteiger charge is -2.15. The molecule has 0 bridgehead atoms. The van der Waals surface area contributed by atoms with Crippen LogP contribution in [0.15, 0.2) is 17.2 Å². The molecule has 0 spiro atoms. The molecule has 0 radical (unpaired) electrons. The Labute approximate surface area is 135 Å². The summed E-state index contributed by atoms with van der Waals surface area (Å²) in [4.78, 5) is 27.2. The van der Waals surface area contributed by atoms with Crippen LogP contribution in [-0.2, 0) is 15.7 Å². The minimum Gasteiger partial charge on any atom is -0.465 e. The number of nitrogens with zero attached hydrogens (tertiary/aromatic N) is 1. The van der Waals surface area contributed by atoms with Crippen molar-refractivity contribution in [3.8, 4) is 0 Å². The second-order valence-electron chi connectivity index (χ2n) is 4.93. The molecule has 1 aliphatic rings. The standard InChI is InChI=1S/C14H15F3N2O3S/c1-22-13(21)8-5-6-10(14(15,16)17)19-12(8)23-9-4-2-3-7-18-11(9)20/h5-6,9H,2-4,7H2,1H3,(H,18,20)/t9-/m0/s1. The second kappa shape index (κ2) is 7.20. The van der Waals surface area contributed by atoms with Gasteiger partial charge in [0.1, 0.15) is 10.7 Å². The second-order valence-corrected chi connectivity index (χ2v) is 6.12. The van der Waals surface area contributed by atoms with Crippen LogP contribution in [0, 0.1) is 0 Å². The highest BCUT2D eigenvalue weighted by molar-refractivity contribution is 8.00. The highest BCUT2D eigenvalue weighted by Crippen LogP contribution is 2.34. The average molecular weight is 348 g/mol. The largest absolute Gasteiger partial charge is 0.465 e. The van der Waals surface area contributed by atoms with E-state index in [4.69, 9.17) is 0 Å². The van der Waals surface area contributed by atoms with E-state index in [-0.39, 0.29) is 16.5 Å². The van der Waals surface area contributed by atoms with Gasteiger partial charge in [-0.3, -0.25) is 4.79 Å². The van der Waals surface area contributed by atoms with E-state index in [9.17, 15) is 22.8 Å². The number of methoxy groups -OCH3 is 1. The predicted molar refractivity (Wildman–Crippen MR) is 77.1 cm³/mol. The molecule has 1 aromatic rings. The maximum atomic E-state index is 12.8. The third-order valence-electron chi connectivity index (χ3n) is 3.29. The summed E-state index contributed by atoms with van der Waals surface area (Å²) in [6.45, 7) is 0.537. The van der Waals surface area contributed by atoms with Crippen LogP contribution in [0.25, 0.3) is 0 Å². The van der Waals surface area contributed by atoms with Gasteiger partial charge in [0.25, 0.3) is 0 Å². The minimum absolute atomic E-state index is 0.0810. The Morgan fingerprint density at radius 2 is 2.13 bits per heavy atom. The summed E-state index contributed by atoms with van der Waals surface area (Å²) >= 11 is 0.863. The van der Waals surface area contributed by atoms with Gasteiger partial charge in [0.2, 0.25) is 5.91 Å². The van der Waals surface area contributed by atoms with Gasteiger partial charge in [0.05, 0.1) is 17.9 Å². The molecule has 0 aliphatic carbocycles. The van der Waals surface area contributed by atoms with Crippen LogP contribution in [0.5, 0.6) is 0 Å². The fourth-order valence-corrected chi connectivity index (χ4v) is 3.29. The fraction of sp³-hybridized carbons (Fsp3) is 0.500. The van der Waals surface area contributed by atoms with E-state index in [0.717, 1.165) is 43.8 Å². The monoisotopic (exact) mass is 348 g/mol. The first-order valence-corrected chi connectivity index (χ1v) is 7.82. The zero-order chi connectivity index (χ0) is 17.0. The van der Waals surface area contributed by atoms with E-state index in [1.165, 1.54) is 0 Å². The lowest BCUT2D eigenvalue weighted by Crippen LogP contribution is -2.31. The molecule has 2 rings (SSSR count). The van der Waals surface area contributed by atoms with Crippen molar-refractivity contribution < 1.29 is 27.5 Å². The Morgan fingerprint density at radius 1 is 1.39 bits per heavy atom. The number of aromatic nitrogens is 1. The van der Waals surface area contributed by atoms with Gasteiger partial charge in [0.15, 0.2) is 0 Å². The van der Waals surface area contributed by atoms with Crippen molar-refractivity contribution in [2.24, 2.45) is 0 Å². The Morgan fingerprint density at radius 3 is 2.78 bits per heavy atom. The van der Waals surface area contributed by atoms with Gasteiger partial charge in [-0.1, -0.05) is 18.2 Å². The lowest BCUT2D eigenvalue weighted by molar-refractivity contribution is -0.141. The van der Waals surface area contributed by atoms with Crippen molar-refractivity contribution in [3.63, 3.8) is 0 Å². The first-order chi connectivity index (χ1) is 10.8. The molecule has 1 atom stereocenters.